The van der Waals surface area contributed by atoms with Gasteiger partial charge in [-0.25, -0.2) is 0 Å². The van der Waals surface area contributed by atoms with Gasteiger partial charge in [-0.2, -0.15) is 0 Å². The number of nitrogens with zero attached hydrogens (tertiary/aromatic N) is 2. The molecule has 0 unspecified atom stereocenters. The molecule has 2 heteroatoms. The van der Waals surface area contributed by atoms with Crippen molar-refractivity contribution in [3.8, 4) is 33.6 Å². The Morgan fingerprint density at radius 2 is 0.863 bits per heavy atom. The molecular formula is C49H30N2. The number of hydrogen-bond acceptors (Lipinski definition) is 0. The maximum atomic E-state index is 2.51. The minimum absolute atomic E-state index is 1.07. The van der Waals surface area contributed by atoms with Gasteiger partial charge in [0, 0.05) is 32.9 Å². The third kappa shape index (κ3) is 3.61. The summed E-state index contributed by atoms with van der Waals surface area (Å²) in [6.07, 6.45) is 1.07. The first-order valence-electron chi connectivity index (χ1n) is 17.8. The van der Waals surface area contributed by atoms with E-state index in [1.807, 2.05) is 0 Å². The first kappa shape index (κ1) is 27.2. The van der Waals surface area contributed by atoms with Crippen molar-refractivity contribution in [2.75, 3.05) is 0 Å². The molecular weight excluding hydrogens is 617 g/mol. The Morgan fingerprint density at radius 1 is 0.333 bits per heavy atom. The number of aromatic nitrogens is 2. The molecule has 13 rings (SSSR count). The predicted molar refractivity (Wildman–Crippen MR) is 215 cm³/mol. The van der Waals surface area contributed by atoms with Crippen molar-refractivity contribution >= 4 is 65.2 Å². The minimum Gasteiger partial charge on any atom is -0.309 e. The van der Waals surface area contributed by atoms with E-state index in [1.54, 1.807) is 0 Å². The quantitative estimate of drug-likeness (QED) is 0.180. The number of para-hydroxylation sites is 1. The van der Waals surface area contributed by atoms with E-state index < -0.39 is 0 Å². The number of hydrogen-bond donors (Lipinski definition) is 0. The Kier molecular flexibility index (Phi) is 5.32. The summed E-state index contributed by atoms with van der Waals surface area (Å²) in [5.41, 5.74) is 15.3. The summed E-state index contributed by atoms with van der Waals surface area (Å²) in [6, 6.07) is 63.2. The van der Waals surface area contributed by atoms with E-state index in [9.17, 15) is 0 Å². The molecule has 0 aliphatic heterocycles. The fourth-order valence-electron chi connectivity index (χ4n) is 9.27. The number of benzene rings is 8. The number of rotatable bonds is 4. The Balaban J connectivity index is 1.23. The molecule has 0 amide bonds. The second-order valence-electron chi connectivity index (χ2n) is 14.1. The van der Waals surface area contributed by atoms with Crippen LogP contribution in [-0.2, 0) is 6.42 Å². The molecule has 0 atom stereocenters. The van der Waals surface area contributed by atoms with Crippen LogP contribution in [0.2, 0.25) is 0 Å². The zero-order valence-corrected chi connectivity index (χ0v) is 27.8. The van der Waals surface area contributed by atoms with E-state index in [-0.39, 0.29) is 0 Å². The SMILES string of the molecule is c1ccc(-n2c3cccc4c5ccccc5c5cccc6c5c5c(c43)c2ccc5n6-c2cccc(-c3ccccc3-c3ccc4cc3C4)c2)cc1. The molecule has 11 aromatic rings. The monoisotopic (exact) mass is 646 g/mol. The minimum atomic E-state index is 1.07. The van der Waals surface area contributed by atoms with E-state index in [0.29, 0.717) is 0 Å². The lowest BCUT2D eigenvalue weighted by molar-refractivity contribution is 1.09. The van der Waals surface area contributed by atoms with Crippen LogP contribution < -0.4 is 0 Å². The van der Waals surface area contributed by atoms with Crippen molar-refractivity contribution in [3.05, 3.63) is 181 Å². The Hall–Kier alpha value is -6.64. The number of fused-ring (bicyclic) bond motifs is 5. The summed E-state index contributed by atoms with van der Waals surface area (Å²) in [5, 5.41) is 10.4. The van der Waals surface area contributed by atoms with Crippen molar-refractivity contribution in [1.29, 1.82) is 0 Å². The summed E-state index contributed by atoms with van der Waals surface area (Å²) in [6.45, 7) is 0. The molecule has 2 aliphatic rings. The lowest BCUT2D eigenvalue weighted by Crippen LogP contribution is -2.03. The van der Waals surface area contributed by atoms with Gasteiger partial charge in [0.2, 0.25) is 0 Å². The van der Waals surface area contributed by atoms with Crippen LogP contribution in [0.5, 0.6) is 0 Å². The molecule has 0 radical (unpaired) electrons. The maximum absolute atomic E-state index is 2.51. The average molecular weight is 647 g/mol. The second kappa shape index (κ2) is 9.97. The van der Waals surface area contributed by atoms with Gasteiger partial charge in [-0.15, -0.1) is 0 Å². The van der Waals surface area contributed by atoms with Crippen molar-refractivity contribution < 1.29 is 0 Å². The normalized spacial score (nSPS) is 12.6. The van der Waals surface area contributed by atoms with Gasteiger partial charge in [0.1, 0.15) is 0 Å². The highest BCUT2D eigenvalue weighted by Crippen LogP contribution is 2.48. The first-order chi connectivity index (χ1) is 25.3. The molecule has 2 bridgehead atoms. The van der Waals surface area contributed by atoms with Gasteiger partial charge in [0.25, 0.3) is 0 Å². The van der Waals surface area contributed by atoms with Crippen molar-refractivity contribution in [1.82, 2.24) is 9.13 Å². The van der Waals surface area contributed by atoms with Crippen LogP contribution in [-0.4, -0.2) is 9.13 Å². The molecule has 2 heterocycles. The van der Waals surface area contributed by atoms with Gasteiger partial charge in [-0.1, -0.05) is 121 Å². The second-order valence-corrected chi connectivity index (χ2v) is 14.1. The largest absolute Gasteiger partial charge is 0.309 e. The van der Waals surface area contributed by atoms with Crippen LogP contribution >= 0.6 is 0 Å². The van der Waals surface area contributed by atoms with Crippen LogP contribution in [0.25, 0.3) is 98.8 Å². The summed E-state index contributed by atoms with van der Waals surface area (Å²) in [7, 11) is 0. The molecule has 0 saturated heterocycles. The van der Waals surface area contributed by atoms with Crippen LogP contribution in [0.1, 0.15) is 11.1 Å². The Labute approximate surface area is 294 Å². The zero-order chi connectivity index (χ0) is 33.2. The molecule has 236 valence electrons. The van der Waals surface area contributed by atoms with Gasteiger partial charge in [-0.3, -0.25) is 0 Å². The maximum Gasteiger partial charge on any atom is 0.0549 e. The van der Waals surface area contributed by atoms with Gasteiger partial charge in [-0.05, 0) is 110 Å². The highest BCUT2D eigenvalue weighted by molar-refractivity contribution is 6.39. The molecule has 0 N–H and O–H groups in total. The van der Waals surface area contributed by atoms with Crippen molar-refractivity contribution in [3.63, 3.8) is 0 Å². The van der Waals surface area contributed by atoms with Gasteiger partial charge in [0.15, 0.2) is 0 Å². The molecule has 2 aromatic heterocycles. The summed E-state index contributed by atoms with van der Waals surface area (Å²) >= 11 is 0. The van der Waals surface area contributed by atoms with E-state index in [4.69, 9.17) is 0 Å². The highest BCUT2D eigenvalue weighted by Gasteiger charge is 2.24. The summed E-state index contributed by atoms with van der Waals surface area (Å²) in [5.74, 6) is 0. The molecule has 0 spiro atoms. The predicted octanol–water partition coefficient (Wildman–Crippen LogP) is 12.9. The van der Waals surface area contributed by atoms with Crippen LogP contribution in [0.15, 0.2) is 170 Å². The topological polar surface area (TPSA) is 9.86 Å². The van der Waals surface area contributed by atoms with Gasteiger partial charge >= 0.3 is 0 Å². The van der Waals surface area contributed by atoms with Crippen LogP contribution in [0, 0.1) is 0 Å². The van der Waals surface area contributed by atoms with Gasteiger partial charge < -0.3 is 9.13 Å². The molecule has 51 heavy (non-hydrogen) atoms. The smallest absolute Gasteiger partial charge is 0.0549 e. The van der Waals surface area contributed by atoms with E-state index in [2.05, 4.69) is 179 Å². The lowest BCUT2D eigenvalue weighted by Gasteiger charge is -2.21. The molecule has 0 fully saturated rings. The third-order valence-electron chi connectivity index (χ3n) is 11.4. The fourth-order valence-corrected chi connectivity index (χ4v) is 9.27. The van der Waals surface area contributed by atoms with Crippen molar-refractivity contribution in [2.24, 2.45) is 0 Å². The van der Waals surface area contributed by atoms with Crippen LogP contribution in [0.4, 0.5) is 0 Å². The summed E-state index contributed by atoms with van der Waals surface area (Å²) < 4.78 is 4.96. The van der Waals surface area contributed by atoms with Gasteiger partial charge in [0.05, 0.1) is 22.1 Å². The Bertz CT molecular complexity index is 3210. The molecule has 2 nitrogen and oxygen atoms in total. The van der Waals surface area contributed by atoms with Crippen LogP contribution in [0.3, 0.4) is 0 Å². The highest BCUT2D eigenvalue weighted by atomic mass is 15.0. The molecule has 9 aromatic carbocycles. The average Bonchev–Trinajstić information content (AvgIpc) is 3.70. The van der Waals surface area contributed by atoms with E-state index in [1.165, 1.54) is 110 Å². The standard InChI is InChI=1S/C49H30N2/c1-2-12-33(13-3-1)50-42-21-9-19-40-38-17-6-7-18-39(38)41-20-10-22-43-47(41)49-45(26-25-44(50)48(49)46(40)42)51(43)34-14-8-11-31(29-34)35-15-4-5-16-37(35)36-24-23-30-27-32(36)28-30/h1-27,29H,28H2. The zero-order valence-electron chi connectivity index (χ0n) is 27.8. The van der Waals surface area contributed by atoms with Crippen molar-refractivity contribution in [2.45, 2.75) is 6.42 Å². The summed E-state index contributed by atoms with van der Waals surface area (Å²) in [4.78, 5) is 0. The Morgan fingerprint density at radius 3 is 1.51 bits per heavy atom. The van der Waals surface area contributed by atoms with E-state index >= 15 is 0 Å². The molecule has 0 saturated carbocycles. The molecule has 2 aliphatic carbocycles. The van der Waals surface area contributed by atoms with E-state index in [0.717, 1.165) is 6.42 Å². The first-order valence-corrected chi connectivity index (χ1v) is 17.8. The lowest BCUT2D eigenvalue weighted by atomic mass is 9.83. The fraction of sp³-hybridized carbons (Fsp3) is 0.0204. The third-order valence-corrected chi connectivity index (χ3v) is 11.4.